The molecule has 0 aliphatic heterocycles. The van der Waals surface area contributed by atoms with E-state index in [1.165, 1.54) is 37.0 Å². The number of hydrogen-bond donors (Lipinski definition) is 1. The number of amides is 1. The zero-order valence-electron chi connectivity index (χ0n) is 12.2. The zero-order valence-corrected chi connectivity index (χ0v) is 13.8. The van der Waals surface area contributed by atoms with E-state index in [4.69, 9.17) is 11.6 Å². The first kappa shape index (κ1) is 16.5. The highest BCUT2D eigenvalue weighted by atomic mass is 35.5. The maximum absolute atomic E-state index is 12.2. The molecule has 0 fully saturated rings. The number of halogens is 1. The zero-order chi connectivity index (χ0) is 16.5. The van der Waals surface area contributed by atoms with Gasteiger partial charge in [-0.3, -0.25) is 9.48 Å². The molecule has 0 radical (unpaired) electrons. The second-order valence-electron chi connectivity index (χ2n) is 4.76. The van der Waals surface area contributed by atoms with Crippen LogP contribution in [0.15, 0.2) is 35.4 Å². The van der Waals surface area contributed by atoms with Crippen LogP contribution in [0.25, 0.3) is 0 Å². The van der Waals surface area contributed by atoms with E-state index in [1.807, 2.05) is 0 Å². The van der Waals surface area contributed by atoms with E-state index in [9.17, 15) is 13.2 Å². The maximum atomic E-state index is 12.2. The van der Waals surface area contributed by atoms with Crippen LogP contribution in [0, 0.1) is 0 Å². The molecular weight excluding hydrogens is 328 g/mol. The van der Waals surface area contributed by atoms with E-state index in [0.717, 1.165) is 4.31 Å². The van der Waals surface area contributed by atoms with E-state index in [1.54, 1.807) is 19.3 Å². The van der Waals surface area contributed by atoms with E-state index in [2.05, 4.69) is 10.4 Å². The number of anilines is 1. The number of aromatic nitrogens is 2. The maximum Gasteiger partial charge on any atom is 0.258 e. The molecular formula is C13H15ClN4O3S. The Morgan fingerprint density at radius 3 is 2.55 bits per heavy atom. The summed E-state index contributed by atoms with van der Waals surface area (Å²) in [6.07, 6.45) is 1.67. The van der Waals surface area contributed by atoms with Gasteiger partial charge in [-0.05, 0) is 18.2 Å². The number of aryl methyl sites for hydroxylation is 1. The summed E-state index contributed by atoms with van der Waals surface area (Å²) >= 11 is 6.00. The van der Waals surface area contributed by atoms with Gasteiger partial charge in [0.25, 0.3) is 5.91 Å². The van der Waals surface area contributed by atoms with Crippen molar-refractivity contribution in [2.45, 2.75) is 4.90 Å². The molecule has 0 saturated heterocycles. The van der Waals surface area contributed by atoms with Gasteiger partial charge in [0.1, 0.15) is 0 Å². The van der Waals surface area contributed by atoms with Crippen LogP contribution in [0.2, 0.25) is 5.02 Å². The molecule has 22 heavy (non-hydrogen) atoms. The molecule has 0 aliphatic carbocycles. The van der Waals surface area contributed by atoms with Gasteiger partial charge >= 0.3 is 0 Å². The number of sulfonamides is 1. The third-order valence-electron chi connectivity index (χ3n) is 2.92. The van der Waals surface area contributed by atoms with E-state index < -0.39 is 15.9 Å². The normalized spacial score (nSPS) is 11.7. The Balaban J connectivity index is 2.36. The summed E-state index contributed by atoms with van der Waals surface area (Å²) in [4.78, 5) is 12.2. The Morgan fingerprint density at radius 2 is 2.00 bits per heavy atom. The van der Waals surface area contributed by atoms with Gasteiger partial charge in [-0.2, -0.15) is 5.10 Å². The summed E-state index contributed by atoms with van der Waals surface area (Å²) in [5, 5.41) is 6.74. The largest absolute Gasteiger partial charge is 0.305 e. The van der Waals surface area contributed by atoms with Crippen LogP contribution in [0.5, 0.6) is 0 Å². The summed E-state index contributed by atoms with van der Waals surface area (Å²) in [6.45, 7) is 0. The Kier molecular flexibility index (Phi) is 4.55. The van der Waals surface area contributed by atoms with Gasteiger partial charge in [0.05, 0.1) is 15.5 Å². The quantitative estimate of drug-likeness (QED) is 0.914. The third-order valence-corrected chi connectivity index (χ3v) is 5.06. The summed E-state index contributed by atoms with van der Waals surface area (Å²) in [7, 11) is 0.900. The van der Waals surface area contributed by atoms with Gasteiger partial charge in [0.15, 0.2) is 5.82 Å². The molecule has 0 saturated carbocycles. The van der Waals surface area contributed by atoms with Crippen LogP contribution in [0.4, 0.5) is 5.82 Å². The van der Waals surface area contributed by atoms with Crippen LogP contribution in [-0.4, -0.2) is 42.5 Å². The summed E-state index contributed by atoms with van der Waals surface area (Å²) in [5.41, 5.74) is 0.0650. The second kappa shape index (κ2) is 6.07. The van der Waals surface area contributed by atoms with Crippen LogP contribution in [-0.2, 0) is 17.1 Å². The van der Waals surface area contributed by atoms with Crippen molar-refractivity contribution in [2.75, 3.05) is 19.4 Å². The number of carbonyl (C=O) groups is 1. The van der Waals surface area contributed by atoms with Gasteiger partial charge in [0.2, 0.25) is 10.0 Å². The van der Waals surface area contributed by atoms with Gasteiger partial charge in [0, 0.05) is 33.4 Å². The van der Waals surface area contributed by atoms with Crippen molar-refractivity contribution in [3.05, 3.63) is 41.0 Å². The number of nitrogens with one attached hydrogen (secondary N) is 1. The number of benzene rings is 1. The summed E-state index contributed by atoms with van der Waals surface area (Å²) in [6, 6.07) is 5.60. The van der Waals surface area contributed by atoms with Crippen molar-refractivity contribution >= 4 is 33.3 Å². The molecule has 0 aliphatic rings. The minimum atomic E-state index is -3.64. The molecule has 0 unspecified atom stereocenters. The first-order valence-corrected chi connectivity index (χ1v) is 8.06. The molecule has 118 valence electrons. The molecule has 9 heteroatoms. The molecule has 1 aromatic carbocycles. The highest BCUT2D eigenvalue weighted by molar-refractivity contribution is 7.89. The number of hydrogen-bond acceptors (Lipinski definition) is 4. The molecule has 2 rings (SSSR count). The number of nitrogens with zero attached hydrogens (tertiary/aromatic N) is 3. The predicted molar refractivity (Wildman–Crippen MR) is 83.5 cm³/mol. The third kappa shape index (κ3) is 3.29. The van der Waals surface area contributed by atoms with Crippen molar-refractivity contribution in [1.82, 2.24) is 14.1 Å². The SMILES string of the molecule is CN(C)S(=O)(=O)c1ccc(Cl)c(C(=O)Nc2ccn(C)n2)c1. The van der Waals surface area contributed by atoms with E-state index in [-0.39, 0.29) is 15.5 Å². The van der Waals surface area contributed by atoms with Crippen LogP contribution >= 0.6 is 11.6 Å². The van der Waals surface area contributed by atoms with Gasteiger partial charge in [-0.25, -0.2) is 12.7 Å². The lowest BCUT2D eigenvalue weighted by Gasteiger charge is -2.13. The average Bonchev–Trinajstić information content (AvgIpc) is 2.84. The minimum absolute atomic E-state index is 0.00642. The monoisotopic (exact) mass is 342 g/mol. The molecule has 7 nitrogen and oxygen atoms in total. The lowest BCUT2D eigenvalue weighted by atomic mass is 10.2. The fraction of sp³-hybridized carbons (Fsp3) is 0.231. The van der Waals surface area contributed by atoms with Gasteiger partial charge in [-0.15, -0.1) is 0 Å². The predicted octanol–water partition coefficient (Wildman–Crippen LogP) is 1.58. The highest BCUT2D eigenvalue weighted by Gasteiger charge is 2.21. The fourth-order valence-corrected chi connectivity index (χ4v) is 2.85. The summed E-state index contributed by atoms with van der Waals surface area (Å²) < 4.78 is 26.8. The molecule has 0 spiro atoms. The molecule has 0 bridgehead atoms. The van der Waals surface area contributed by atoms with Crippen molar-refractivity contribution in [3.63, 3.8) is 0 Å². The molecule has 1 heterocycles. The van der Waals surface area contributed by atoms with Crippen LogP contribution < -0.4 is 5.32 Å². The van der Waals surface area contributed by atoms with Crippen molar-refractivity contribution in [3.8, 4) is 0 Å². The van der Waals surface area contributed by atoms with Crippen molar-refractivity contribution in [1.29, 1.82) is 0 Å². The average molecular weight is 343 g/mol. The number of carbonyl (C=O) groups excluding carboxylic acids is 1. The molecule has 0 atom stereocenters. The molecule has 1 aromatic heterocycles. The number of rotatable bonds is 4. The Labute approximate surface area is 133 Å². The smallest absolute Gasteiger partial charge is 0.258 e. The Morgan fingerprint density at radius 1 is 1.32 bits per heavy atom. The lowest BCUT2D eigenvalue weighted by molar-refractivity contribution is 0.102. The van der Waals surface area contributed by atoms with Gasteiger partial charge < -0.3 is 5.32 Å². The lowest BCUT2D eigenvalue weighted by Crippen LogP contribution is -2.23. The minimum Gasteiger partial charge on any atom is -0.305 e. The molecule has 1 amide bonds. The fourth-order valence-electron chi connectivity index (χ4n) is 1.72. The Hall–Kier alpha value is -1.90. The highest BCUT2D eigenvalue weighted by Crippen LogP contribution is 2.23. The topological polar surface area (TPSA) is 84.3 Å². The standard InChI is InChI=1S/C13H15ClN4O3S/c1-17(2)22(20,21)9-4-5-11(14)10(8-9)13(19)15-12-6-7-18(3)16-12/h4-8H,1-3H3,(H,15,16,19). The Bertz CT molecular complexity index is 814. The summed E-state index contributed by atoms with van der Waals surface area (Å²) in [5.74, 6) is -0.177. The van der Waals surface area contributed by atoms with Crippen LogP contribution in [0.3, 0.4) is 0 Å². The first-order valence-electron chi connectivity index (χ1n) is 6.25. The first-order chi connectivity index (χ1) is 10.2. The van der Waals surface area contributed by atoms with Crippen LogP contribution in [0.1, 0.15) is 10.4 Å². The van der Waals surface area contributed by atoms with E-state index in [0.29, 0.717) is 5.82 Å². The van der Waals surface area contributed by atoms with E-state index >= 15 is 0 Å². The molecule has 2 aromatic rings. The molecule has 1 N–H and O–H groups in total. The van der Waals surface area contributed by atoms with Crippen molar-refractivity contribution in [2.24, 2.45) is 7.05 Å². The van der Waals surface area contributed by atoms with Crippen molar-refractivity contribution < 1.29 is 13.2 Å². The second-order valence-corrected chi connectivity index (χ2v) is 7.32. The van der Waals surface area contributed by atoms with Gasteiger partial charge in [-0.1, -0.05) is 11.6 Å².